The van der Waals surface area contributed by atoms with Gasteiger partial charge in [-0.3, -0.25) is 9.59 Å². The number of amides is 1. The summed E-state index contributed by atoms with van der Waals surface area (Å²) in [7, 11) is 1.53. The van der Waals surface area contributed by atoms with Gasteiger partial charge in [-0.1, -0.05) is 12.1 Å². The van der Waals surface area contributed by atoms with Crippen molar-refractivity contribution >= 4 is 5.91 Å². The third kappa shape index (κ3) is 4.33. The van der Waals surface area contributed by atoms with E-state index >= 15 is 4.39 Å². The van der Waals surface area contributed by atoms with Gasteiger partial charge >= 0.3 is 0 Å². The van der Waals surface area contributed by atoms with Gasteiger partial charge in [0.15, 0.2) is 0 Å². The van der Waals surface area contributed by atoms with Crippen LogP contribution >= 0.6 is 0 Å². The molecule has 3 rings (SSSR count). The monoisotopic (exact) mass is 361 g/mol. The molecule has 0 spiro atoms. The van der Waals surface area contributed by atoms with E-state index in [1.807, 2.05) is 0 Å². The molecule has 26 heavy (non-hydrogen) atoms. The Hall–Kier alpha value is -2.57. The zero-order valence-corrected chi connectivity index (χ0v) is 14.6. The number of alkyl halides is 1. The van der Waals surface area contributed by atoms with Gasteiger partial charge < -0.3 is 4.90 Å². The Morgan fingerprint density at radius 3 is 2.62 bits per heavy atom. The summed E-state index contributed by atoms with van der Waals surface area (Å²) in [4.78, 5) is 25.4. The number of carbonyl (C=O) groups is 1. The molecule has 7 heteroatoms. The van der Waals surface area contributed by atoms with Crippen LogP contribution in [0.2, 0.25) is 0 Å². The van der Waals surface area contributed by atoms with Crippen LogP contribution in [0, 0.1) is 5.82 Å². The molecule has 5 nitrogen and oxygen atoms in total. The highest BCUT2D eigenvalue weighted by Gasteiger charge is 2.36. The lowest BCUT2D eigenvalue weighted by Gasteiger charge is -2.36. The fourth-order valence-electron chi connectivity index (χ4n) is 3.26. The van der Waals surface area contributed by atoms with Gasteiger partial charge in [-0.2, -0.15) is 5.10 Å². The van der Waals surface area contributed by atoms with E-state index in [4.69, 9.17) is 0 Å². The second-order valence-electron chi connectivity index (χ2n) is 6.80. The van der Waals surface area contributed by atoms with E-state index in [1.165, 1.54) is 36.0 Å². The minimum atomic E-state index is -1.43. The minimum absolute atomic E-state index is 0.0807. The maximum absolute atomic E-state index is 15.0. The summed E-state index contributed by atoms with van der Waals surface area (Å²) in [5.41, 5.74) is -0.534. The molecule has 0 bridgehead atoms. The van der Waals surface area contributed by atoms with E-state index in [9.17, 15) is 14.0 Å². The van der Waals surface area contributed by atoms with Crippen LogP contribution in [0.25, 0.3) is 0 Å². The number of aryl methyl sites for hydroxylation is 1. The molecule has 1 aliphatic heterocycles. The predicted molar refractivity (Wildman–Crippen MR) is 92.9 cm³/mol. The highest BCUT2D eigenvalue weighted by Crippen LogP contribution is 2.30. The third-order valence-corrected chi connectivity index (χ3v) is 4.77. The largest absolute Gasteiger partial charge is 0.342 e. The van der Waals surface area contributed by atoms with Crippen LogP contribution in [0.4, 0.5) is 8.78 Å². The number of piperidine rings is 1. The molecular formula is C19H21F2N3O2. The van der Waals surface area contributed by atoms with Crippen molar-refractivity contribution in [1.29, 1.82) is 0 Å². The zero-order chi connectivity index (χ0) is 18.7. The van der Waals surface area contributed by atoms with E-state index in [-0.39, 0.29) is 43.0 Å². The smallest absolute Gasteiger partial charge is 0.266 e. The maximum Gasteiger partial charge on any atom is 0.266 e. The number of aromatic nitrogens is 2. The van der Waals surface area contributed by atoms with E-state index < -0.39 is 5.67 Å². The second kappa shape index (κ2) is 7.35. The molecule has 1 fully saturated rings. The van der Waals surface area contributed by atoms with Crippen molar-refractivity contribution in [2.75, 3.05) is 13.1 Å². The summed E-state index contributed by atoms with van der Waals surface area (Å²) in [5.74, 6) is -0.507. The predicted octanol–water partition coefficient (Wildman–Crippen LogP) is 2.04. The summed E-state index contributed by atoms with van der Waals surface area (Å²) in [5, 5.41) is 4.05. The summed E-state index contributed by atoms with van der Waals surface area (Å²) in [6, 6.07) is 8.89. The molecule has 0 atom stereocenters. The maximum atomic E-state index is 15.0. The average molecular weight is 361 g/mol. The lowest BCUT2D eigenvalue weighted by atomic mass is 9.87. The number of likely N-dealkylation sites (tertiary alicyclic amines) is 1. The number of nitrogens with zero attached hydrogens (tertiary/aromatic N) is 3. The Labute approximate surface area is 150 Å². The van der Waals surface area contributed by atoms with Crippen molar-refractivity contribution in [2.24, 2.45) is 7.05 Å². The van der Waals surface area contributed by atoms with Gasteiger partial charge in [-0.25, -0.2) is 13.5 Å². The first kappa shape index (κ1) is 18.2. The van der Waals surface area contributed by atoms with Crippen molar-refractivity contribution in [3.05, 3.63) is 63.8 Å². The quantitative estimate of drug-likeness (QED) is 0.837. The number of carbonyl (C=O) groups excluding carboxylic acids is 1. The summed E-state index contributed by atoms with van der Waals surface area (Å²) >= 11 is 0. The van der Waals surface area contributed by atoms with Crippen molar-refractivity contribution in [3.8, 4) is 0 Å². The molecule has 1 aliphatic rings. The molecule has 2 aromatic rings. The molecular weight excluding hydrogens is 340 g/mol. The van der Waals surface area contributed by atoms with Gasteiger partial charge in [-0.15, -0.1) is 0 Å². The first-order chi connectivity index (χ1) is 12.3. The molecule has 2 heterocycles. The van der Waals surface area contributed by atoms with Crippen molar-refractivity contribution in [2.45, 2.75) is 31.4 Å². The van der Waals surface area contributed by atoms with E-state index in [0.717, 1.165) is 0 Å². The van der Waals surface area contributed by atoms with Gasteiger partial charge in [0.25, 0.3) is 5.56 Å². The van der Waals surface area contributed by atoms with E-state index in [1.54, 1.807) is 17.0 Å². The number of rotatable bonds is 4. The molecule has 138 valence electrons. The van der Waals surface area contributed by atoms with Crippen LogP contribution in [0.1, 0.15) is 24.1 Å². The van der Waals surface area contributed by atoms with Crippen LogP contribution in [0.5, 0.6) is 0 Å². The van der Waals surface area contributed by atoms with E-state index in [0.29, 0.717) is 24.3 Å². The fraction of sp³-hybridized carbons (Fsp3) is 0.421. The topological polar surface area (TPSA) is 55.2 Å². The highest BCUT2D eigenvalue weighted by atomic mass is 19.1. The summed E-state index contributed by atoms with van der Waals surface area (Å²) in [6.07, 6.45) is 0.665. The van der Waals surface area contributed by atoms with Gasteiger partial charge in [0, 0.05) is 32.6 Å². The van der Waals surface area contributed by atoms with Crippen LogP contribution in [0.3, 0.4) is 0 Å². The second-order valence-corrected chi connectivity index (χ2v) is 6.80. The minimum Gasteiger partial charge on any atom is -0.342 e. The van der Waals surface area contributed by atoms with E-state index in [2.05, 4.69) is 5.10 Å². The number of hydrogen-bond donors (Lipinski definition) is 0. The lowest BCUT2D eigenvalue weighted by molar-refractivity contribution is -0.133. The highest BCUT2D eigenvalue weighted by molar-refractivity contribution is 5.78. The fourth-order valence-corrected chi connectivity index (χ4v) is 3.26. The molecule has 1 aromatic heterocycles. The Kier molecular flexibility index (Phi) is 5.15. The Bertz CT molecular complexity index is 858. The molecule has 0 aliphatic carbocycles. The Morgan fingerprint density at radius 2 is 1.96 bits per heavy atom. The van der Waals surface area contributed by atoms with Crippen LogP contribution in [-0.2, 0) is 24.7 Å². The van der Waals surface area contributed by atoms with Crippen molar-refractivity contribution < 1.29 is 13.6 Å². The Balaban J connectivity index is 1.57. The molecule has 0 unspecified atom stereocenters. The van der Waals surface area contributed by atoms with Gasteiger partial charge in [0.1, 0.15) is 11.5 Å². The van der Waals surface area contributed by atoms with Crippen LogP contribution in [-0.4, -0.2) is 39.3 Å². The standard InChI is InChI=1S/C19H21F2N3O2/c1-23-17(25)6-5-16(22-23)12-18(26)24-9-7-19(21,8-10-24)13-14-3-2-4-15(20)11-14/h2-6,11H,7-10,12-13H2,1H3. The molecule has 0 saturated carbocycles. The molecule has 0 radical (unpaired) electrons. The van der Waals surface area contributed by atoms with Crippen LogP contribution in [0.15, 0.2) is 41.2 Å². The lowest BCUT2D eigenvalue weighted by Crippen LogP contribution is -2.46. The zero-order valence-electron chi connectivity index (χ0n) is 14.6. The Morgan fingerprint density at radius 1 is 1.23 bits per heavy atom. The van der Waals surface area contributed by atoms with Crippen molar-refractivity contribution in [3.63, 3.8) is 0 Å². The first-order valence-electron chi connectivity index (χ1n) is 8.59. The van der Waals surface area contributed by atoms with Gasteiger partial charge in [-0.05, 0) is 36.6 Å². The molecule has 1 saturated heterocycles. The molecule has 1 amide bonds. The van der Waals surface area contributed by atoms with Gasteiger partial charge in [0.2, 0.25) is 5.91 Å². The first-order valence-corrected chi connectivity index (χ1v) is 8.59. The summed E-state index contributed by atoms with van der Waals surface area (Å²) < 4.78 is 29.5. The number of hydrogen-bond acceptors (Lipinski definition) is 3. The number of benzene rings is 1. The molecule has 0 N–H and O–H groups in total. The van der Waals surface area contributed by atoms with Crippen LogP contribution < -0.4 is 5.56 Å². The number of halogens is 2. The van der Waals surface area contributed by atoms with Gasteiger partial charge in [0.05, 0.1) is 12.1 Å². The SMILES string of the molecule is Cn1nc(CC(=O)N2CCC(F)(Cc3cccc(F)c3)CC2)ccc1=O. The normalized spacial score (nSPS) is 16.5. The van der Waals surface area contributed by atoms with Crippen molar-refractivity contribution in [1.82, 2.24) is 14.7 Å². The third-order valence-electron chi connectivity index (χ3n) is 4.77. The summed E-state index contributed by atoms with van der Waals surface area (Å²) in [6.45, 7) is 0.632. The average Bonchev–Trinajstić information content (AvgIpc) is 2.58. The molecule has 1 aromatic carbocycles.